The molecule has 3 aromatic carbocycles. The lowest BCUT2D eigenvalue weighted by Gasteiger charge is -2.07. The predicted molar refractivity (Wildman–Crippen MR) is 118 cm³/mol. The highest BCUT2D eigenvalue weighted by molar-refractivity contribution is 6.15. The van der Waals surface area contributed by atoms with Gasteiger partial charge in [0.05, 0.1) is 5.56 Å². The highest BCUT2D eigenvalue weighted by Crippen LogP contribution is 2.38. The molecule has 0 atom stereocenters. The number of hydrogen-bond acceptors (Lipinski definition) is 5. The molecule has 0 unspecified atom stereocenters. The lowest BCUT2D eigenvalue weighted by molar-refractivity contribution is 0.101. The molecule has 0 N–H and O–H groups in total. The molecular weight excluding hydrogens is 392 g/mol. The molecule has 2 heterocycles. The molecule has 3 aromatic rings. The molecule has 2 aliphatic heterocycles. The monoisotopic (exact) mass is 412 g/mol. The molecule has 0 radical (unpaired) electrons. The summed E-state index contributed by atoms with van der Waals surface area (Å²) in [6.07, 6.45) is 5.67. The first kappa shape index (κ1) is 19.0. The number of benzene rings is 3. The van der Waals surface area contributed by atoms with Gasteiger partial charge in [-0.2, -0.15) is 0 Å². The van der Waals surface area contributed by atoms with Gasteiger partial charge in [0.2, 0.25) is 12.6 Å². The first-order valence-corrected chi connectivity index (χ1v) is 10.0. The molecule has 5 nitrogen and oxygen atoms in total. The van der Waals surface area contributed by atoms with Gasteiger partial charge in [-0.3, -0.25) is 4.79 Å². The van der Waals surface area contributed by atoms with Gasteiger partial charge >= 0.3 is 0 Å². The van der Waals surface area contributed by atoms with Gasteiger partial charge in [0.25, 0.3) is 0 Å². The zero-order valence-corrected chi connectivity index (χ0v) is 17.0. The minimum atomic E-state index is -0.138. The molecule has 0 amide bonds. The van der Waals surface area contributed by atoms with E-state index in [2.05, 4.69) is 0 Å². The average molecular weight is 412 g/mol. The summed E-state index contributed by atoms with van der Waals surface area (Å²) in [4.78, 5) is 12.9. The van der Waals surface area contributed by atoms with E-state index in [1.807, 2.05) is 73.7 Å². The molecule has 2 aliphatic rings. The maximum absolute atomic E-state index is 12.9. The van der Waals surface area contributed by atoms with Crippen molar-refractivity contribution in [3.05, 3.63) is 94.8 Å². The first-order chi connectivity index (χ1) is 15.2. The Hall–Kier alpha value is -3.99. The third kappa shape index (κ3) is 3.90. The second kappa shape index (κ2) is 8.03. The topological polar surface area (TPSA) is 54.0 Å². The van der Waals surface area contributed by atoms with Crippen LogP contribution in [-0.4, -0.2) is 19.2 Å². The first-order valence-electron chi connectivity index (χ1n) is 10.0. The number of Topliss-reactive ketones (excluding diaryl/α,β-unsaturated/α-hetero) is 1. The van der Waals surface area contributed by atoms with E-state index in [9.17, 15) is 4.79 Å². The second-order valence-corrected chi connectivity index (χ2v) is 7.29. The van der Waals surface area contributed by atoms with Gasteiger partial charge in [-0.15, -0.1) is 0 Å². The third-order valence-electron chi connectivity index (χ3n) is 5.09. The molecule has 5 rings (SSSR count). The van der Waals surface area contributed by atoms with E-state index in [-0.39, 0.29) is 18.3 Å². The van der Waals surface area contributed by atoms with Gasteiger partial charge < -0.3 is 18.9 Å². The van der Waals surface area contributed by atoms with Crippen LogP contribution in [0.4, 0.5) is 0 Å². The number of ketones is 1. The second-order valence-electron chi connectivity index (χ2n) is 7.29. The summed E-state index contributed by atoms with van der Waals surface area (Å²) in [6, 6.07) is 19.2. The summed E-state index contributed by atoms with van der Waals surface area (Å²) in [6.45, 7) is 2.51. The molecule has 0 aliphatic carbocycles. The minimum Gasteiger partial charge on any atom is -0.489 e. The Bertz CT molecular complexity index is 1210. The Morgan fingerprint density at radius 2 is 1.77 bits per heavy atom. The van der Waals surface area contributed by atoms with Crippen LogP contribution in [0.5, 0.6) is 23.0 Å². The van der Waals surface area contributed by atoms with Crippen LogP contribution in [0.15, 0.2) is 72.5 Å². The number of rotatable bonds is 5. The molecule has 0 aromatic heterocycles. The van der Waals surface area contributed by atoms with Crippen LogP contribution in [-0.2, 0) is 0 Å². The lowest BCUT2D eigenvalue weighted by Crippen LogP contribution is -2.00. The highest BCUT2D eigenvalue weighted by atomic mass is 16.7. The maximum atomic E-state index is 12.9. The zero-order valence-electron chi connectivity index (χ0n) is 17.0. The Morgan fingerprint density at radius 1 is 0.935 bits per heavy atom. The van der Waals surface area contributed by atoms with Crippen LogP contribution in [0.2, 0.25) is 0 Å². The molecule has 0 saturated carbocycles. The van der Waals surface area contributed by atoms with Gasteiger partial charge in [0, 0.05) is 6.07 Å². The number of aryl methyl sites for hydroxylation is 1. The van der Waals surface area contributed by atoms with Gasteiger partial charge in [0.15, 0.2) is 17.3 Å². The third-order valence-corrected chi connectivity index (χ3v) is 5.09. The molecule has 31 heavy (non-hydrogen) atoms. The lowest BCUT2D eigenvalue weighted by atomic mass is 10.0. The van der Waals surface area contributed by atoms with Crippen molar-refractivity contribution in [2.45, 2.75) is 6.92 Å². The normalized spacial score (nSPS) is 15.4. The fourth-order valence-electron chi connectivity index (χ4n) is 3.61. The van der Waals surface area contributed by atoms with E-state index in [1.54, 1.807) is 12.1 Å². The summed E-state index contributed by atoms with van der Waals surface area (Å²) in [5.41, 5.74) is 3.31. The fourth-order valence-corrected chi connectivity index (χ4v) is 3.61. The average Bonchev–Trinajstić information content (AvgIpc) is 3.36. The van der Waals surface area contributed by atoms with Crippen molar-refractivity contribution in [1.82, 2.24) is 0 Å². The van der Waals surface area contributed by atoms with E-state index in [0.29, 0.717) is 35.2 Å². The number of allylic oxidation sites excluding steroid dienone is 1. The van der Waals surface area contributed by atoms with Crippen molar-refractivity contribution in [2.24, 2.45) is 0 Å². The number of ether oxygens (including phenoxy) is 4. The Morgan fingerprint density at radius 3 is 2.65 bits per heavy atom. The Balaban J connectivity index is 1.32. The number of carbonyl (C=O) groups excluding carboxylic acids is 1. The summed E-state index contributed by atoms with van der Waals surface area (Å²) in [5, 5.41) is 0. The summed E-state index contributed by atoms with van der Waals surface area (Å²) < 4.78 is 22.5. The number of hydrogen-bond donors (Lipinski definition) is 0. The molecule has 0 bridgehead atoms. The standard InChI is InChI=1S/C26H20O5/c1-17-12-20(28-11-5-8-18-6-3-2-4-7-18)15-23-25(17)26(27)24(31-23)14-19-9-10-21-22(13-19)30-16-29-21/h2-10,12-15H,11,16H2,1H3/b8-5+,24-14-. The minimum absolute atomic E-state index is 0.138. The van der Waals surface area contributed by atoms with Gasteiger partial charge in [-0.25, -0.2) is 0 Å². The van der Waals surface area contributed by atoms with Crippen LogP contribution >= 0.6 is 0 Å². The highest BCUT2D eigenvalue weighted by Gasteiger charge is 2.30. The van der Waals surface area contributed by atoms with Crippen molar-refractivity contribution in [1.29, 1.82) is 0 Å². The van der Waals surface area contributed by atoms with Crippen LogP contribution in [0.3, 0.4) is 0 Å². The van der Waals surface area contributed by atoms with Crippen molar-refractivity contribution in [2.75, 3.05) is 13.4 Å². The van der Waals surface area contributed by atoms with E-state index in [0.717, 1.165) is 16.7 Å². The van der Waals surface area contributed by atoms with E-state index < -0.39 is 0 Å². The molecule has 0 saturated heterocycles. The molecule has 0 spiro atoms. The van der Waals surface area contributed by atoms with E-state index in [1.165, 1.54) is 0 Å². The molecule has 154 valence electrons. The predicted octanol–water partition coefficient (Wildman–Crippen LogP) is 5.43. The quantitative estimate of drug-likeness (QED) is 0.523. The Kier molecular flexibility index (Phi) is 4.92. The van der Waals surface area contributed by atoms with Crippen molar-refractivity contribution in [3.8, 4) is 23.0 Å². The SMILES string of the molecule is Cc1cc(OC/C=C/c2ccccc2)cc2c1C(=O)/C(=C/c1ccc3c(c1)OCO3)O2. The fraction of sp³-hybridized carbons (Fsp3) is 0.115. The number of fused-ring (bicyclic) bond motifs is 2. The summed E-state index contributed by atoms with van der Waals surface area (Å²) >= 11 is 0. The molecule has 5 heteroatoms. The largest absolute Gasteiger partial charge is 0.489 e. The van der Waals surface area contributed by atoms with Crippen molar-refractivity contribution in [3.63, 3.8) is 0 Å². The summed E-state index contributed by atoms with van der Waals surface area (Å²) in [5.74, 6) is 2.67. The molecular formula is C26H20O5. The van der Waals surface area contributed by atoms with Gasteiger partial charge in [-0.1, -0.05) is 42.5 Å². The van der Waals surface area contributed by atoms with E-state index >= 15 is 0 Å². The van der Waals surface area contributed by atoms with Crippen LogP contribution < -0.4 is 18.9 Å². The van der Waals surface area contributed by atoms with Gasteiger partial charge in [0.1, 0.15) is 18.1 Å². The zero-order chi connectivity index (χ0) is 21.2. The van der Waals surface area contributed by atoms with E-state index in [4.69, 9.17) is 18.9 Å². The smallest absolute Gasteiger partial charge is 0.232 e. The van der Waals surface area contributed by atoms with Crippen LogP contribution in [0, 0.1) is 6.92 Å². The van der Waals surface area contributed by atoms with Crippen LogP contribution in [0.1, 0.15) is 27.0 Å². The number of carbonyl (C=O) groups is 1. The van der Waals surface area contributed by atoms with Crippen molar-refractivity contribution >= 4 is 17.9 Å². The van der Waals surface area contributed by atoms with Gasteiger partial charge in [-0.05, 0) is 54.0 Å². The van der Waals surface area contributed by atoms with Crippen molar-refractivity contribution < 1.29 is 23.7 Å². The van der Waals surface area contributed by atoms with Crippen LogP contribution in [0.25, 0.3) is 12.2 Å². The maximum Gasteiger partial charge on any atom is 0.232 e. The molecule has 0 fully saturated rings. The summed E-state index contributed by atoms with van der Waals surface area (Å²) in [7, 11) is 0. The Labute approximate surface area is 180 Å².